The lowest BCUT2D eigenvalue weighted by Crippen LogP contribution is -2.28. The van der Waals surface area contributed by atoms with Crippen LogP contribution >= 0.6 is 0 Å². The summed E-state index contributed by atoms with van der Waals surface area (Å²) < 4.78 is 36.4. The summed E-state index contributed by atoms with van der Waals surface area (Å²) in [5.41, 5.74) is 0.816. The molecule has 192 valence electrons. The van der Waals surface area contributed by atoms with Gasteiger partial charge in [-0.1, -0.05) is 45.9 Å². The van der Waals surface area contributed by atoms with Gasteiger partial charge in [-0.05, 0) is 43.2 Å². The van der Waals surface area contributed by atoms with Crippen LogP contribution in [-0.2, 0) is 14.8 Å². The summed E-state index contributed by atoms with van der Waals surface area (Å²) >= 11 is 0. The van der Waals surface area contributed by atoms with Crippen molar-refractivity contribution < 1.29 is 27.9 Å². The van der Waals surface area contributed by atoms with Crippen LogP contribution in [0, 0.1) is 18.8 Å². The van der Waals surface area contributed by atoms with E-state index in [-0.39, 0.29) is 57.8 Å². The molecular formula is C25H30N4O6S. The van der Waals surface area contributed by atoms with Crippen LogP contribution < -0.4 is 14.8 Å². The summed E-state index contributed by atoms with van der Waals surface area (Å²) in [7, 11) is -4.06. The first-order valence-electron chi connectivity index (χ1n) is 11.4. The first-order chi connectivity index (χ1) is 16.9. The molecule has 0 saturated carbocycles. The Morgan fingerprint density at radius 2 is 1.75 bits per heavy atom. The van der Waals surface area contributed by atoms with Gasteiger partial charge in [0.05, 0.1) is 5.69 Å². The Hall–Kier alpha value is -3.70. The van der Waals surface area contributed by atoms with Gasteiger partial charge in [0, 0.05) is 23.7 Å². The number of carboxylic acid groups (broad SMARTS) is 1. The summed E-state index contributed by atoms with van der Waals surface area (Å²) in [6.07, 6.45) is 0. The first kappa shape index (κ1) is 26.9. The molecule has 3 rings (SSSR count). The smallest absolute Gasteiger partial charge is 0.356 e. The van der Waals surface area contributed by atoms with Crippen LogP contribution in [0.15, 0.2) is 53.4 Å². The van der Waals surface area contributed by atoms with Gasteiger partial charge in [0.15, 0.2) is 5.69 Å². The van der Waals surface area contributed by atoms with Gasteiger partial charge in [-0.25, -0.2) is 17.9 Å². The highest BCUT2D eigenvalue weighted by Gasteiger charge is 2.26. The van der Waals surface area contributed by atoms with E-state index in [9.17, 15) is 23.1 Å². The number of para-hydroxylation sites is 1. The first-order valence-corrected chi connectivity index (χ1v) is 12.9. The third-order valence-corrected chi connectivity index (χ3v) is 6.63. The Labute approximate surface area is 210 Å². The van der Waals surface area contributed by atoms with E-state index in [1.165, 1.54) is 29.8 Å². The number of hydrogen-bond acceptors (Lipinski definition) is 6. The zero-order chi connectivity index (χ0) is 26.6. The number of benzene rings is 2. The molecule has 0 spiro atoms. The molecule has 10 nitrogen and oxygen atoms in total. The van der Waals surface area contributed by atoms with Gasteiger partial charge in [0.2, 0.25) is 21.8 Å². The van der Waals surface area contributed by atoms with Crippen molar-refractivity contribution >= 4 is 27.6 Å². The van der Waals surface area contributed by atoms with Gasteiger partial charge in [0.25, 0.3) is 0 Å². The number of amides is 1. The predicted molar refractivity (Wildman–Crippen MR) is 135 cm³/mol. The van der Waals surface area contributed by atoms with E-state index < -0.39 is 16.0 Å². The largest absolute Gasteiger partial charge is 0.476 e. The SMILES string of the molecule is Cc1c(C(=O)O)nn(-c2ccccc2)c1Oc1ccc(NC(=O)C(C)C)cc1S(=O)(=O)NCC(C)C. The fourth-order valence-electron chi connectivity index (χ4n) is 3.17. The molecule has 0 aliphatic heterocycles. The van der Waals surface area contributed by atoms with Crippen molar-refractivity contribution in [3.63, 3.8) is 0 Å². The molecule has 1 amide bonds. The van der Waals surface area contributed by atoms with Crippen LogP contribution in [-0.4, -0.2) is 41.7 Å². The Bertz CT molecular complexity index is 1360. The second-order valence-corrected chi connectivity index (χ2v) is 10.7. The monoisotopic (exact) mass is 514 g/mol. The fraction of sp³-hybridized carbons (Fsp3) is 0.320. The molecular weight excluding hydrogens is 484 g/mol. The van der Waals surface area contributed by atoms with Gasteiger partial charge in [-0.2, -0.15) is 9.78 Å². The molecule has 1 aromatic heterocycles. The van der Waals surface area contributed by atoms with Crippen LogP contribution in [0.4, 0.5) is 5.69 Å². The molecule has 36 heavy (non-hydrogen) atoms. The van der Waals surface area contributed by atoms with E-state index >= 15 is 0 Å². The van der Waals surface area contributed by atoms with Crippen molar-refractivity contribution in [3.8, 4) is 17.3 Å². The van der Waals surface area contributed by atoms with Gasteiger partial charge < -0.3 is 15.2 Å². The van der Waals surface area contributed by atoms with E-state index in [1.54, 1.807) is 44.2 Å². The molecule has 3 aromatic rings. The molecule has 0 bridgehead atoms. The number of nitrogens with one attached hydrogen (secondary N) is 2. The van der Waals surface area contributed by atoms with E-state index in [0.29, 0.717) is 5.69 Å². The number of sulfonamides is 1. The zero-order valence-corrected chi connectivity index (χ0v) is 21.6. The van der Waals surface area contributed by atoms with Crippen molar-refractivity contribution in [1.82, 2.24) is 14.5 Å². The minimum Gasteiger partial charge on any atom is -0.476 e. The molecule has 0 saturated heterocycles. The van der Waals surface area contributed by atoms with E-state index in [4.69, 9.17) is 4.74 Å². The van der Waals surface area contributed by atoms with Crippen molar-refractivity contribution in [3.05, 3.63) is 59.8 Å². The lowest BCUT2D eigenvalue weighted by Gasteiger charge is -2.17. The number of aromatic carboxylic acids is 1. The molecule has 2 aromatic carbocycles. The summed E-state index contributed by atoms with van der Waals surface area (Å²) in [6.45, 7) is 8.91. The highest BCUT2D eigenvalue weighted by atomic mass is 32.2. The summed E-state index contributed by atoms with van der Waals surface area (Å²) in [4.78, 5) is 23.8. The van der Waals surface area contributed by atoms with E-state index in [0.717, 1.165) is 0 Å². The number of rotatable bonds is 10. The van der Waals surface area contributed by atoms with Crippen molar-refractivity contribution in [2.24, 2.45) is 11.8 Å². The maximum atomic E-state index is 13.3. The van der Waals surface area contributed by atoms with Crippen LogP contribution in [0.25, 0.3) is 5.69 Å². The Morgan fingerprint density at radius 1 is 1.08 bits per heavy atom. The number of aromatic nitrogens is 2. The Balaban J connectivity index is 2.14. The Kier molecular flexibility index (Phi) is 8.16. The summed E-state index contributed by atoms with van der Waals surface area (Å²) in [5, 5.41) is 16.5. The van der Waals surface area contributed by atoms with Gasteiger partial charge >= 0.3 is 5.97 Å². The third-order valence-electron chi connectivity index (χ3n) is 5.19. The lowest BCUT2D eigenvalue weighted by molar-refractivity contribution is -0.118. The minimum atomic E-state index is -4.06. The molecule has 11 heteroatoms. The number of carboxylic acids is 1. The average molecular weight is 515 g/mol. The predicted octanol–water partition coefficient (Wildman–Crippen LogP) is 4.20. The summed E-state index contributed by atoms with van der Waals surface area (Å²) in [5.74, 6) is -1.77. The lowest BCUT2D eigenvalue weighted by atomic mass is 10.2. The maximum absolute atomic E-state index is 13.3. The van der Waals surface area contributed by atoms with Crippen LogP contribution in [0.1, 0.15) is 43.7 Å². The molecule has 0 unspecified atom stereocenters. The van der Waals surface area contributed by atoms with Gasteiger partial charge in [-0.3, -0.25) is 4.79 Å². The zero-order valence-electron chi connectivity index (χ0n) is 20.8. The highest BCUT2D eigenvalue weighted by Crippen LogP contribution is 2.35. The Morgan fingerprint density at radius 3 is 2.33 bits per heavy atom. The molecule has 1 heterocycles. The van der Waals surface area contributed by atoms with Crippen molar-refractivity contribution in [2.45, 2.75) is 39.5 Å². The normalized spacial score (nSPS) is 11.6. The molecule has 0 aliphatic carbocycles. The standard InChI is InChI=1S/C25H30N4O6S/c1-15(2)14-26-36(33,34)21-13-18(27-23(30)16(3)4)11-12-20(21)35-24-17(5)22(25(31)32)28-29(24)19-9-7-6-8-10-19/h6-13,15-16,26H,14H2,1-5H3,(H,27,30)(H,31,32). The number of nitrogens with zero attached hydrogens (tertiary/aromatic N) is 2. The van der Waals surface area contributed by atoms with Crippen LogP contribution in [0.3, 0.4) is 0 Å². The number of anilines is 1. The number of carbonyl (C=O) groups is 2. The second kappa shape index (κ2) is 10.9. The average Bonchev–Trinajstić information content (AvgIpc) is 3.15. The fourth-order valence-corrected chi connectivity index (χ4v) is 4.54. The third kappa shape index (κ3) is 6.10. The second-order valence-electron chi connectivity index (χ2n) is 8.98. The van der Waals surface area contributed by atoms with Crippen molar-refractivity contribution in [1.29, 1.82) is 0 Å². The molecule has 0 aliphatic rings. The number of carbonyl (C=O) groups excluding carboxylic acids is 1. The summed E-state index contributed by atoms with van der Waals surface area (Å²) in [6, 6.07) is 13.0. The van der Waals surface area contributed by atoms with Gasteiger partial charge in [0.1, 0.15) is 10.6 Å². The van der Waals surface area contributed by atoms with E-state index in [1.807, 2.05) is 13.8 Å². The molecule has 0 fully saturated rings. The number of hydrogen-bond donors (Lipinski definition) is 3. The van der Waals surface area contributed by atoms with Crippen molar-refractivity contribution in [2.75, 3.05) is 11.9 Å². The molecule has 0 atom stereocenters. The van der Waals surface area contributed by atoms with Crippen LogP contribution in [0.5, 0.6) is 11.6 Å². The van der Waals surface area contributed by atoms with Gasteiger partial charge in [-0.15, -0.1) is 0 Å². The molecule has 0 radical (unpaired) electrons. The van der Waals surface area contributed by atoms with E-state index in [2.05, 4.69) is 15.1 Å². The quantitative estimate of drug-likeness (QED) is 0.368. The minimum absolute atomic E-state index is 0.0489. The van der Waals surface area contributed by atoms with Crippen LogP contribution in [0.2, 0.25) is 0 Å². The molecule has 3 N–H and O–H groups in total. The topological polar surface area (TPSA) is 140 Å². The highest BCUT2D eigenvalue weighted by molar-refractivity contribution is 7.89. The maximum Gasteiger partial charge on any atom is 0.356 e. The number of ether oxygens (including phenoxy) is 1.